The number of carbonyl (C=O) groups excluding carboxylic acids is 1. The van der Waals surface area contributed by atoms with E-state index in [4.69, 9.17) is 9.52 Å². The molecule has 1 aromatic rings. The standard InChI is InChI=1S/C12H15NO4S/c14-11(4-3-9-2-1-6-17-9)13-5-7-18-8-10(13)12(15)16/h1-2,6,10H,3-5,7-8H2,(H,15,16). The maximum atomic E-state index is 12.0. The SMILES string of the molecule is O=C(O)C1CSCCN1C(=O)CCc1ccco1. The molecule has 2 rings (SSSR count). The first-order valence-corrected chi connectivity index (χ1v) is 6.96. The lowest BCUT2D eigenvalue weighted by atomic mass is 10.2. The number of aryl methyl sites for hydroxylation is 1. The van der Waals surface area contributed by atoms with Crippen LogP contribution in [-0.2, 0) is 16.0 Å². The molecule has 1 amide bonds. The van der Waals surface area contributed by atoms with Crippen molar-refractivity contribution in [3.8, 4) is 0 Å². The van der Waals surface area contributed by atoms with Crippen LogP contribution < -0.4 is 0 Å². The molecule has 5 nitrogen and oxygen atoms in total. The van der Waals surface area contributed by atoms with Crippen molar-refractivity contribution in [3.63, 3.8) is 0 Å². The van der Waals surface area contributed by atoms with E-state index >= 15 is 0 Å². The molecule has 0 bridgehead atoms. The predicted octanol–water partition coefficient (Wildman–Crippen LogP) is 1.24. The van der Waals surface area contributed by atoms with Crippen molar-refractivity contribution in [2.45, 2.75) is 18.9 Å². The average molecular weight is 269 g/mol. The molecule has 0 spiro atoms. The number of aliphatic carboxylic acids is 1. The van der Waals surface area contributed by atoms with E-state index in [2.05, 4.69) is 0 Å². The van der Waals surface area contributed by atoms with Crippen LogP contribution in [0.2, 0.25) is 0 Å². The Kier molecular flexibility index (Phi) is 4.30. The van der Waals surface area contributed by atoms with E-state index in [1.165, 1.54) is 4.90 Å². The minimum atomic E-state index is -0.923. The number of hydrogen-bond acceptors (Lipinski definition) is 4. The van der Waals surface area contributed by atoms with Crippen LogP contribution in [-0.4, -0.2) is 46.0 Å². The van der Waals surface area contributed by atoms with Crippen LogP contribution >= 0.6 is 11.8 Å². The fourth-order valence-corrected chi connectivity index (χ4v) is 2.97. The third-order valence-electron chi connectivity index (χ3n) is 2.90. The molecule has 0 aliphatic carbocycles. The number of amides is 1. The first-order valence-electron chi connectivity index (χ1n) is 5.81. The molecule has 1 unspecified atom stereocenters. The van der Waals surface area contributed by atoms with Gasteiger partial charge in [0.2, 0.25) is 5.91 Å². The second-order valence-electron chi connectivity index (χ2n) is 4.10. The summed E-state index contributed by atoms with van der Waals surface area (Å²) in [6.07, 6.45) is 2.38. The summed E-state index contributed by atoms with van der Waals surface area (Å²) in [5.74, 6) is 0.993. The minimum absolute atomic E-state index is 0.112. The van der Waals surface area contributed by atoms with Crippen LogP contribution in [0.25, 0.3) is 0 Å². The molecular formula is C12H15NO4S. The van der Waals surface area contributed by atoms with Gasteiger partial charge in [0.05, 0.1) is 6.26 Å². The van der Waals surface area contributed by atoms with E-state index in [9.17, 15) is 9.59 Å². The van der Waals surface area contributed by atoms with Crippen molar-refractivity contribution < 1.29 is 19.1 Å². The van der Waals surface area contributed by atoms with Crippen LogP contribution in [0, 0.1) is 0 Å². The fraction of sp³-hybridized carbons (Fsp3) is 0.500. The number of carbonyl (C=O) groups is 2. The average Bonchev–Trinajstić information content (AvgIpc) is 2.89. The van der Waals surface area contributed by atoms with Gasteiger partial charge in [0, 0.05) is 30.9 Å². The van der Waals surface area contributed by atoms with E-state index in [1.807, 2.05) is 6.07 Å². The van der Waals surface area contributed by atoms with E-state index in [0.29, 0.717) is 25.1 Å². The Morgan fingerprint density at radius 3 is 3.06 bits per heavy atom. The van der Waals surface area contributed by atoms with Gasteiger partial charge in [-0.2, -0.15) is 11.8 Å². The third kappa shape index (κ3) is 3.07. The highest BCUT2D eigenvalue weighted by Crippen LogP contribution is 2.18. The largest absolute Gasteiger partial charge is 0.480 e. The molecule has 1 atom stereocenters. The summed E-state index contributed by atoms with van der Waals surface area (Å²) in [4.78, 5) is 24.6. The normalized spacial score (nSPS) is 19.8. The van der Waals surface area contributed by atoms with Gasteiger partial charge in [-0.1, -0.05) is 0 Å². The first-order chi connectivity index (χ1) is 8.68. The van der Waals surface area contributed by atoms with Crippen molar-refractivity contribution >= 4 is 23.6 Å². The maximum absolute atomic E-state index is 12.0. The second kappa shape index (κ2) is 5.95. The highest BCUT2D eigenvalue weighted by molar-refractivity contribution is 7.99. The molecule has 1 N–H and O–H groups in total. The summed E-state index contributed by atoms with van der Waals surface area (Å²) in [7, 11) is 0. The zero-order valence-electron chi connectivity index (χ0n) is 9.87. The number of hydrogen-bond donors (Lipinski definition) is 1. The Balaban J connectivity index is 1.92. The molecule has 98 valence electrons. The zero-order chi connectivity index (χ0) is 13.0. The highest BCUT2D eigenvalue weighted by atomic mass is 32.2. The number of nitrogens with zero attached hydrogens (tertiary/aromatic N) is 1. The lowest BCUT2D eigenvalue weighted by Crippen LogP contribution is -2.50. The maximum Gasteiger partial charge on any atom is 0.327 e. The Labute approximate surface area is 109 Å². The molecule has 0 saturated carbocycles. The van der Waals surface area contributed by atoms with Crippen LogP contribution in [0.5, 0.6) is 0 Å². The van der Waals surface area contributed by atoms with Crippen molar-refractivity contribution in [2.75, 3.05) is 18.1 Å². The lowest BCUT2D eigenvalue weighted by molar-refractivity contribution is -0.149. The lowest BCUT2D eigenvalue weighted by Gasteiger charge is -2.32. The first kappa shape index (κ1) is 13.0. The molecule has 1 aliphatic rings. The molecule has 18 heavy (non-hydrogen) atoms. The summed E-state index contributed by atoms with van der Waals surface area (Å²) < 4.78 is 5.15. The van der Waals surface area contributed by atoms with Crippen molar-refractivity contribution in [1.82, 2.24) is 4.90 Å². The van der Waals surface area contributed by atoms with Crippen LogP contribution in [0.1, 0.15) is 12.2 Å². The third-order valence-corrected chi connectivity index (χ3v) is 3.92. The molecule has 0 aromatic carbocycles. The number of carboxylic acid groups (broad SMARTS) is 1. The Hall–Kier alpha value is -1.43. The van der Waals surface area contributed by atoms with Crippen LogP contribution in [0.3, 0.4) is 0 Å². The predicted molar refractivity (Wildman–Crippen MR) is 67.5 cm³/mol. The summed E-state index contributed by atoms with van der Waals surface area (Å²) in [5.41, 5.74) is 0. The number of rotatable bonds is 4. The highest BCUT2D eigenvalue weighted by Gasteiger charge is 2.31. The number of thioether (sulfide) groups is 1. The molecule has 1 aliphatic heterocycles. The molecule has 1 fully saturated rings. The van der Waals surface area contributed by atoms with E-state index in [0.717, 1.165) is 11.5 Å². The quantitative estimate of drug-likeness (QED) is 0.890. The van der Waals surface area contributed by atoms with Crippen molar-refractivity contribution in [2.24, 2.45) is 0 Å². The molecule has 1 saturated heterocycles. The van der Waals surface area contributed by atoms with Crippen LogP contribution in [0.4, 0.5) is 0 Å². The van der Waals surface area contributed by atoms with E-state index in [-0.39, 0.29) is 5.91 Å². The van der Waals surface area contributed by atoms with Crippen molar-refractivity contribution in [1.29, 1.82) is 0 Å². The Bertz CT molecular complexity index is 418. The van der Waals surface area contributed by atoms with Gasteiger partial charge >= 0.3 is 5.97 Å². The molecule has 6 heteroatoms. The zero-order valence-corrected chi connectivity index (χ0v) is 10.7. The van der Waals surface area contributed by atoms with Gasteiger partial charge in [0.25, 0.3) is 0 Å². The topological polar surface area (TPSA) is 70.8 Å². The number of furan rings is 1. The summed E-state index contributed by atoms with van der Waals surface area (Å²) in [6.45, 7) is 0.513. The molecule has 0 radical (unpaired) electrons. The Morgan fingerprint density at radius 1 is 1.56 bits per heavy atom. The van der Waals surface area contributed by atoms with Gasteiger partial charge in [-0.05, 0) is 12.1 Å². The second-order valence-corrected chi connectivity index (χ2v) is 5.25. The summed E-state index contributed by atoms with van der Waals surface area (Å²) >= 11 is 1.58. The minimum Gasteiger partial charge on any atom is -0.480 e. The van der Waals surface area contributed by atoms with Gasteiger partial charge in [-0.25, -0.2) is 4.79 Å². The fourth-order valence-electron chi connectivity index (χ4n) is 1.94. The molecule has 1 aromatic heterocycles. The van der Waals surface area contributed by atoms with Gasteiger partial charge in [-0.15, -0.1) is 0 Å². The smallest absolute Gasteiger partial charge is 0.327 e. The molecular weight excluding hydrogens is 254 g/mol. The van der Waals surface area contributed by atoms with Gasteiger partial charge in [0.15, 0.2) is 0 Å². The number of carboxylic acids is 1. The molecule has 2 heterocycles. The summed E-state index contributed by atoms with van der Waals surface area (Å²) in [5, 5.41) is 9.08. The van der Waals surface area contributed by atoms with Crippen LogP contribution in [0.15, 0.2) is 22.8 Å². The van der Waals surface area contributed by atoms with Gasteiger partial charge < -0.3 is 14.4 Å². The summed E-state index contributed by atoms with van der Waals surface area (Å²) in [6, 6.07) is 2.90. The van der Waals surface area contributed by atoms with E-state index in [1.54, 1.807) is 24.1 Å². The van der Waals surface area contributed by atoms with Gasteiger partial charge in [-0.3, -0.25) is 4.79 Å². The van der Waals surface area contributed by atoms with Gasteiger partial charge in [0.1, 0.15) is 11.8 Å². The van der Waals surface area contributed by atoms with Crippen molar-refractivity contribution in [3.05, 3.63) is 24.2 Å². The monoisotopic (exact) mass is 269 g/mol. The van der Waals surface area contributed by atoms with E-state index < -0.39 is 12.0 Å². The Morgan fingerprint density at radius 2 is 2.39 bits per heavy atom.